The van der Waals surface area contributed by atoms with Crippen molar-refractivity contribution in [3.05, 3.63) is 59.7 Å². The summed E-state index contributed by atoms with van der Waals surface area (Å²) in [5, 5.41) is 7.01. The Bertz CT molecular complexity index is 952. The van der Waals surface area contributed by atoms with Crippen LogP contribution >= 0.6 is 11.8 Å². The zero-order valence-electron chi connectivity index (χ0n) is 15.5. The Hall–Kier alpha value is -3.13. The largest absolute Gasteiger partial charge is 0.462 e. The molecule has 7 nitrogen and oxygen atoms in total. The number of rotatable bonds is 7. The first kappa shape index (κ1) is 19.6. The lowest BCUT2D eigenvalue weighted by atomic mass is 10.1. The van der Waals surface area contributed by atoms with Crippen LogP contribution in [0.15, 0.2) is 58.3 Å². The Morgan fingerprint density at radius 1 is 1.11 bits per heavy atom. The van der Waals surface area contributed by atoms with Crippen LogP contribution < -0.4 is 5.32 Å². The third-order valence-corrected chi connectivity index (χ3v) is 4.54. The first-order valence-corrected chi connectivity index (χ1v) is 9.64. The summed E-state index contributed by atoms with van der Waals surface area (Å²) in [7, 11) is 0. The second kappa shape index (κ2) is 9.18. The molecule has 0 radical (unpaired) electrons. The molecular weight excluding hydrogens is 378 g/mol. The van der Waals surface area contributed by atoms with Crippen molar-refractivity contribution in [2.24, 2.45) is 0 Å². The fraction of sp³-hybridized carbons (Fsp3) is 0.200. The number of hydrogen-bond acceptors (Lipinski definition) is 7. The van der Waals surface area contributed by atoms with Gasteiger partial charge in [0.1, 0.15) is 0 Å². The van der Waals surface area contributed by atoms with Crippen LogP contribution in [0, 0.1) is 6.92 Å². The predicted molar refractivity (Wildman–Crippen MR) is 106 cm³/mol. The van der Waals surface area contributed by atoms with Gasteiger partial charge >= 0.3 is 5.97 Å². The molecule has 3 aromatic rings. The number of carbonyl (C=O) groups excluding carboxylic acids is 2. The van der Waals surface area contributed by atoms with Gasteiger partial charge in [-0.2, -0.15) is 4.98 Å². The molecule has 1 aromatic heterocycles. The molecule has 0 saturated carbocycles. The number of thioether (sulfide) groups is 1. The Morgan fingerprint density at radius 2 is 1.82 bits per heavy atom. The molecule has 0 aliphatic rings. The van der Waals surface area contributed by atoms with Crippen molar-refractivity contribution in [2.45, 2.75) is 19.1 Å². The standard InChI is InChI=1S/C20H19N3O4S/c1-3-26-19(25)15-8-10-16(11-9-15)21-17(24)12-28-20-22-18(23-27-20)14-6-4-13(2)5-7-14/h4-11H,3,12H2,1-2H3,(H,21,24). The zero-order valence-corrected chi connectivity index (χ0v) is 16.3. The molecule has 2 aromatic carbocycles. The first-order valence-electron chi connectivity index (χ1n) is 8.65. The minimum atomic E-state index is -0.392. The minimum Gasteiger partial charge on any atom is -0.462 e. The van der Waals surface area contributed by atoms with Crippen molar-refractivity contribution in [1.82, 2.24) is 10.1 Å². The first-order chi connectivity index (χ1) is 13.5. The van der Waals surface area contributed by atoms with Crippen molar-refractivity contribution in [2.75, 3.05) is 17.7 Å². The van der Waals surface area contributed by atoms with Gasteiger partial charge in [-0.3, -0.25) is 4.79 Å². The van der Waals surface area contributed by atoms with Crippen LogP contribution in [0.1, 0.15) is 22.8 Å². The van der Waals surface area contributed by atoms with Gasteiger partial charge in [0.15, 0.2) is 0 Å². The van der Waals surface area contributed by atoms with E-state index in [1.807, 2.05) is 31.2 Å². The molecule has 144 valence electrons. The number of ether oxygens (including phenoxy) is 1. The maximum Gasteiger partial charge on any atom is 0.338 e. The molecule has 0 fully saturated rings. The van der Waals surface area contributed by atoms with E-state index in [9.17, 15) is 9.59 Å². The molecule has 0 unspecified atom stereocenters. The molecule has 3 rings (SSSR count). The number of aryl methyl sites for hydroxylation is 1. The van der Waals surface area contributed by atoms with E-state index in [1.165, 1.54) is 0 Å². The molecule has 0 aliphatic carbocycles. The number of nitrogens with zero attached hydrogens (tertiary/aromatic N) is 2. The lowest BCUT2D eigenvalue weighted by Gasteiger charge is -2.05. The highest BCUT2D eigenvalue weighted by Gasteiger charge is 2.12. The fourth-order valence-corrected chi connectivity index (χ4v) is 2.88. The number of nitrogens with one attached hydrogen (secondary N) is 1. The van der Waals surface area contributed by atoms with E-state index >= 15 is 0 Å². The molecule has 8 heteroatoms. The number of amides is 1. The van der Waals surface area contributed by atoms with E-state index in [4.69, 9.17) is 9.26 Å². The van der Waals surface area contributed by atoms with E-state index in [2.05, 4.69) is 15.5 Å². The van der Waals surface area contributed by atoms with E-state index in [0.717, 1.165) is 22.9 Å². The molecule has 0 saturated heterocycles. The summed E-state index contributed by atoms with van der Waals surface area (Å²) >= 11 is 1.15. The van der Waals surface area contributed by atoms with E-state index in [1.54, 1.807) is 31.2 Å². The number of esters is 1. The highest BCUT2D eigenvalue weighted by molar-refractivity contribution is 7.99. The van der Waals surface area contributed by atoms with Crippen LogP contribution in [-0.4, -0.2) is 34.4 Å². The molecule has 0 spiro atoms. The topological polar surface area (TPSA) is 94.3 Å². The molecule has 0 atom stereocenters. The summed E-state index contributed by atoms with van der Waals surface area (Å²) in [5.74, 6) is -0.00653. The summed E-state index contributed by atoms with van der Waals surface area (Å²) in [6, 6.07) is 14.3. The summed E-state index contributed by atoms with van der Waals surface area (Å²) < 4.78 is 10.1. The third kappa shape index (κ3) is 5.20. The van der Waals surface area contributed by atoms with Gasteiger partial charge < -0.3 is 14.6 Å². The summed E-state index contributed by atoms with van der Waals surface area (Å²) in [6.07, 6.45) is 0. The van der Waals surface area contributed by atoms with Crippen LogP contribution in [0.5, 0.6) is 0 Å². The fourth-order valence-electron chi connectivity index (χ4n) is 2.32. The molecule has 28 heavy (non-hydrogen) atoms. The predicted octanol–water partition coefficient (Wildman–Crippen LogP) is 3.95. The van der Waals surface area contributed by atoms with Gasteiger partial charge in [0, 0.05) is 11.3 Å². The van der Waals surface area contributed by atoms with E-state index in [0.29, 0.717) is 28.9 Å². The Balaban J connectivity index is 1.52. The Kier molecular flexibility index (Phi) is 6.44. The number of anilines is 1. The van der Waals surface area contributed by atoms with Crippen LogP contribution in [0.3, 0.4) is 0 Å². The highest BCUT2D eigenvalue weighted by Crippen LogP contribution is 2.22. The minimum absolute atomic E-state index is 0.120. The smallest absolute Gasteiger partial charge is 0.338 e. The monoisotopic (exact) mass is 397 g/mol. The highest BCUT2D eigenvalue weighted by atomic mass is 32.2. The SMILES string of the molecule is CCOC(=O)c1ccc(NC(=O)CSc2nc(-c3ccc(C)cc3)no2)cc1. The summed E-state index contributed by atoms with van der Waals surface area (Å²) in [5.41, 5.74) is 3.02. The number of benzene rings is 2. The summed E-state index contributed by atoms with van der Waals surface area (Å²) in [6.45, 7) is 4.07. The van der Waals surface area contributed by atoms with Gasteiger partial charge in [-0.1, -0.05) is 46.7 Å². The molecule has 1 heterocycles. The van der Waals surface area contributed by atoms with Gasteiger partial charge in [0.25, 0.3) is 5.22 Å². The van der Waals surface area contributed by atoms with Crippen LogP contribution in [-0.2, 0) is 9.53 Å². The number of aromatic nitrogens is 2. The lowest BCUT2D eigenvalue weighted by molar-refractivity contribution is -0.113. The maximum absolute atomic E-state index is 12.1. The Morgan fingerprint density at radius 3 is 2.50 bits per heavy atom. The molecular formula is C20H19N3O4S. The van der Waals surface area contributed by atoms with E-state index < -0.39 is 5.97 Å². The van der Waals surface area contributed by atoms with Gasteiger partial charge in [-0.05, 0) is 38.1 Å². The van der Waals surface area contributed by atoms with Gasteiger partial charge in [-0.25, -0.2) is 4.79 Å². The lowest BCUT2D eigenvalue weighted by Crippen LogP contribution is -2.14. The van der Waals surface area contributed by atoms with Gasteiger partial charge in [0.2, 0.25) is 11.7 Å². The molecule has 1 N–H and O–H groups in total. The molecule has 0 bridgehead atoms. The van der Waals surface area contributed by atoms with Crippen molar-refractivity contribution in [1.29, 1.82) is 0 Å². The second-order valence-electron chi connectivity index (χ2n) is 5.88. The number of hydrogen-bond donors (Lipinski definition) is 1. The molecule has 1 amide bonds. The van der Waals surface area contributed by atoms with Crippen molar-refractivity contribution >= 4 is 29.3 Å². The maximum atomic E-state index is 12.1. The quantitative estimate of drug-likeness (QED) is 0.476. The molecule has 0 aliphatic heterocycles. The van der Waals surface area contributed by atoms with Gasteiger partial charge in [-0.15, -0.1) is 0 Å². The van der Waals surface area contributed by atoms with Crippen LogP contribution in [0.2, 0.25) is 0 Å². The van der Waals surface area contributed by atoms with Crippen molar-refractivity contribution < 1.29 is 18.8 Å². The number of carbonyl (C=O) groups is 2. The van der Waals surface area contributed by atoms with Crippen molar-refractivity contribution in [3.63, 3.8) is 0 Å². The zero-order chi connectivity index (χ0) is 19.9. The van der Waals surface area contributed by atoms with Crippen molar-refractivity contribution in [3.8, 4) is 11.4 Å². The second-order valence-corrected chi connectivity index (χ2v) is 6.81. The van der Waals surface area contributed by atoms with E-state index in [-0.39, 0.29) is 11.7 Å². The summed E-state index contributed by atoms with van der Waals surface area (Å²) in [4.78, 5) is 28.0. The van der Waals surface area contributed by atoms with Gasteiger partial charge in [0.05, 0.1) is 17.9 Å². The normalized spacial score (nSPS) is 10.5. The average molecular weight is 397 g/mol. The average Bonchev–Trinajstić information content (AvgIpc) is 3.17. The third-order valence-electron chi connectivity index (χ3n) is 3.72. The van der Waals surface area contributed by atoms with Crippen LogP contribution in [0.25, 0.3) is 11.4 Å². The Labute approximate surface area is 166 Å². The van der Waals surface area contributed by atoms with Crippen LogP contribution in [0.4, 0.5) is 5.69 Å².